The highest BCUT2D eigenvalue weighted by Crippen LogP contribution is 2.49. The highest BCUT2D eigenvalue weighted by atomic mass is 16.5. The van der Waals surface area contributed by atoms with Crippen LogP contribution in [0, 0.1) is 5.92 Å². The van der Waals surface area contributed by atoms with Crippen LogP contribution < -0.4 is 5.32 Å². The number of aromatic nitrogens is 1. The third-order valence-electron chi connectivity index (χ3n) is 7.14. The van der Waals surface area contributed by atoms with Crippen LogP contribution in [0.4, 0.5) is 0 Å². The molecule has 0 spiro atoms. The van der Waals surface area contributed by atoms with E-state index in [1.165, 1.54) is 70.3 Å². The summed E-state index contributed by atoms with van der Waals surface area (Å²) in [7, 11) is 0. The lowest BCUT2D eigenvalue weighted by molar-refractivity contribution is 0.134. The summed E-state index contributed by atoms with van der Waals surface area (Å²) in [5.74, 6) is 1.39. The number of fused-ring (bicyclic) bond motifs is 4. The van der Waals surface area contributed by atoms with Gasteiger partial charge in [-0.1, -0.05) is 6.08 Å². The molecule has 2 aliphatic carbocycles. The molecule has 1 aromatic carbocycles. The van der Waals surface area contributed by atoms with Crippen molar-refractivity contribution in [3.05, 3.63) is 58.4 Å². The minimum atomic E-state index is 0.475. The van der Waals surface area contributed by atoms with Gasteiger partial charge < -0.3 is 10.1 Å². The van der Waals surface area contributed by atoms with Gasteiger partial charge in [-0.15, -0.1) is 0 Å². The van der Waals surface area contributed by atoms with Crippen molar-refractivity contribution in [2.45, 2.75) is 57.8 Å². The molecule has 0 bridgehead atoms. The van der Waals surface area contributed by atoms with E-state index >= 15 is 0 Å². The summed E-state index contributed by atoms with van der Waals surface area (Å²) < 4.78 is 5.79. The van der Waals surface area contributed by atoms with Crippen LogP contribution in [0.15, 0.2) is 30.5 Å². The van der Waals surface area contributed by atoms with Gasteiger partial charge in [0, 0.05) is 23.7 Å². The number of nitrogens with one attached hydrogen (secondary N) is 1. The Labute approximate surface area is 160 Å². The van der Waals surface area contributed by atoms with Gasteiger partial charge in [0.15, 0.2) is 0 Å². The van der Waals surface area contributed by atoms with Crippen molar-refractivity contribution in [2.24, 2.45) is 5.92 Å². The number of ether oxygens (including phenoxy) is 1. The smallest absolute Gasteiger partial charge is 0.0728 e. The van der Waals surface area contributed by atoms with Crippen LogP contribution in [0.5, 0.6) is 0 Å². The number of pyridine rings is 1. The molecule has 1 saturated heterocycles. The van der Waals surface area contributed by atoms with E-state index in [9.17, 15) is 0 Å². The van der Waals surface area contributed by atoms with Crippen molar-refractivity contribution in [3.63, 3.8) is 0 Å². The molecule has 1 N–H and O–H groups in total. The van der Waals surface area contributed by atoms with Crippen LogP contribution in [0.2, 0.25) is 0 Å². The van der Waals surface area contributed by atoms with Crippen LogP contribution in [-0.4, -0.2) is 11.5 Å². The van der Waals surface area contributed by atoms with Crippen LogP contribution >= 0.6 is 0 Å². The molecule has 3 atom stereocenters. The maximum Gasteiger partial charge on any atom is 0.0728 e. The average molecular weight is 358 g/mol. The van der Waals surface area contributed by atoms with E-state index in [0.717, 1.165) is 25.7 Å². The van der Waals surface area contributed by atoms with E-state index in [0.29, 0.717) is 12.0 Å². The van der Waals surface area contributed by atoms with Gasteiger partial charge in [-0.25, -0.2) is 0 Å². The van der Waals surface area contributed by atoms with Crippen molar-refractivity contribution in [3.8, 4) is 11.1 Å². The SMILES string of the molecule is CC1=C[C@@H]2CCC2c2ncc(-c3cc4c(c([C@@H]5CCCN5)c3)COC4)cc21. The van der Waals surface area contributed by atoms with Gasteiger partial charge >= 0.3 is 0 Å². The summed E-state index contributed by atoms with van der Waals surface area (Å²) in [5, 5.41) is 3.68. The Morgan fingerprint density at radius 2 is 2.04 bits per heavy atom. The molecule has 0 radical (unpaired) electrons. The molecule has 6 rings (SSSR count). The molecule has 138 valence electrons. The molecular formula is C24H26N2O. The van der Waals surface area contributed by atoms with Gasteiger partial charge in [0.05, 0.1) is 18.9 Å². The zero-order valence-corrected chi connectivity index (χ0v) is 15.9. The molecule has 0 amide bonds. The van der Waals surface area contributed by atoms with E-state index in [-0.39, 0.29) is 0 Å². The largest absolute Gasteiger partial charge is 0.372 e. The summed E-state index contributed by atoms with van der Waals surface area (Å²) in [6.07, 6.45) is 9.69. The normalized spacial score (nSPS) is 28.2. The van der Waals surface area contributed by atoms with Gasteiger partial charge in [-0.05, 0) is 96.7 Å². The predicted octanol–water partition coefficient (Wildman–Crippen LogP) is 5.11. The first-order valence-electron chi connectivity index (χ1n) is 10.4. The zero-order chi connectivity index (χ0) is 18.0. The second-order valence-corrected chi connectivity index (χ2v) is 8.70. The Hall–Kier alpha value is -1.97. The Balaban J connectivity index is 1.46. The van der Waals surface area contributed by atoms with Crippen molar-refractivity contribution < 1.29 is 4.74 Å². The first-order valence-corrected chi connectivity index (χ1v) is 10.4. The fraction of sp³-hybridized carbons (Fsp3) is 0.458. The molecule has 27 heavy (non-hydrogen) atoms. The topological polar surface area (TPSA) is 34.2 Å². The molecule has 3 heteroatoms. The molecule has 1 aromatic heterocycles. The van der Waals surface area contributed by atoms with E-state index < -0.39 is 0 Å². The quantitative estimate of drug-likeness (QED) is 0.810. The van der Waals surface area contributed by atoms with Crippen LogP contribution in [0.1, 0.15) is 72.5 Å². The molecule has 2 fully saturated rings. The van der Waals surface area contributed by atoms with Gasteiger partial charge in [0.25, 0.3) is 0 Å². The Morgan fingerprint density at radius 1 is 1.07 bits per heavy atom. The predicted molar refractivity (Wildman–Crippen MR) is 107 cm³/mol. The number of allylic oxidation sites excluding steroid dienone is 2. The molecular weight excluding hydrogens is 332 g/mol. The fourth-order valence-corrected chi connectivity index (χ4v) is 5.47. The fourth-order valence-electron chi connectivity index (χ4n) is 5.47. The Morgan fingerprint density at radius 3 is 2.85 bits per heavy atom. The lowest BCUT2D eigenvalue weighted by atomic mass is 9.66. The summed E-state index contributed by atoms with van der Waals surface area (Å²) in [6, 6.07) is 7.58. The molecule has 3 nitrogen and oxygen atoms in total. The molecule has 4 aliphatic rings. The summed E-state index contributed by atoms with van der Waals surface area (Å²) >= 11 is 0. The van der Waals surface area contributed by atoms with E-state index in [4.69, 9.17) is 9.72 Å². The third kappa shape index (κ3) is 2.45. The molecule has 2 aromatic rings. The lowest BCUT2D eigenvalue weighted by Crippen LogP contribution is -2.27. The minimum Gasteiger partial charge on any atom is -0.372 e. The van der Waals surface area contributed by atoms with Crippen LogP contribution in [0.25, 0.3) is 16.7 Å². The molecule has 1 saturated carbocycles. The maximum atomic E-state index is 5.79. The number of nitrogens with zero attached hydrogens (tertiary/aromatic N) is 1. The second-order valence-electron chi connectivity index (χ2n) is 8.70. The second kappa shape index (κ2) is 6.02. The average Bonchev–Trinajstić information content (AvgIpc) is 3.35. The first-order chi connectivity index (χ1) is 13.3. The van der Waals surface area contributed by atoms with Gasteiger partial charge in [0.2, 0.25) is 0 Å². The van der Waals surface area contributed by atoms with E-state index in [1.807, 2.05) is 0 Å². The lowest BCUT2D eigenvalue weighted by Gasteiger charge is -2.39. The highest BCUT2D eigenvalue weighted by Gasteiger charge is 2.36. The monoisotopic (exact) mass is 358 g/mol. The van der Waals surface area contributed by atoms with Crippen molar-refractivity contribution in [2.75, 3.05) is 6.54 Å². The van der Waals surface area contributed by atoms with Crippen molar-refractivity contribution in [1.29, 1.82) is 0 Å². The summed E-state index contributed by atoms with van der Waals surface area (Å²) in [4.78, 5) is 4.96. The number of rotatable bonds is 2. The molecule has 3 heterocycles. The minimum absolute atomic E-state index is 0.475. The summed E-state index contributed by atoms with van der Waals surface area (Å²) in [5.41, 5.74) is 10.9. The maximum absolute atomic E-state index is 5.79. The molecule has 2 aliphatic heterocycles. The highest BCUT2D eigenvalue weighted by molar-refractivity contribution is 5.75. The van der Waals surface area contributed by atoms with E-state index in [2.05, 4.69) is 42.7 Å². The number of benzene rings is 1. The van der Waals surface area contributed by atoms with Crippen molar-refractivity contribution >= 4 is 5.57 Å². The zero-order valence-electron chi connectivity index (χ0n) is 15.9. The Bertz CT molecular complexity index is 955. The summed E-state index contributed by atoms with van der Waals surface area (Å²) in [6.45, 7) is 4.88. The van der Waals surface area contributed by atoms with Crippen LogP contribution in [-0.2, 0) is 18.0 Å². The molecule has 1 unspecified atom stereocenters. The van der Waals surface area contributed by atoms with Crippen molar-refractivity contribution in [1.82, 2.24) is 10.3 Å². The first kappa shape index (κ1) is 16.0. The van der Waals surface area contributed by atoms with Crippen LogP contribution in [0.3, 0.4) is 0 Å². The van der Waals surface area contributed by atoms with Gasteiger partial charge in [0.1, 0.15) is 0 Å². The standard InChI is InChI=1S/C24H26N2O/c1-14-7-15-4-5-19(15)24-20(14)10-17(11-26-24)16-8-18-12-27-13-22(18)21(9-16)23-3-2-6-25-23/h7-11,15,19,23,25H,2-6,12-13H2,1H3/t15-,19?,23-/m0/s1. The third-order valence-corrected chi connectivity index (χ3v) is 7.14. The van der Waals surface area contributed by atoms with Gasteiger partial charge in [-0.2, -0.15) is 0 Å². The van der Waals surface area contributed by atoms with Gasteiger partial charge in [-0.3, -0.25) is 4.98 Å². The van der Waals surface area contributed by atoms with E-state index in [1.54, 1.807) is 0 Å². The number of hydrogen-bond acceptors (Lipinski definition) is 3. The Kier molecular flexibility index (Phi) is 3.57. The number of hydrogen-bond donors (Lipinski definition) is 1.